The van der Waals surface area contributed by atoms with E-state index in [1.165, 1.54) is 32.1 Å². The highest BCUT2D eigenvalue weighted by Gasteiger charge is 2.26. The maximum atomic E-state index is 12.6. The molecule has 1 unspecified atom stereocenters. The zero-order chi connectivity index (χ0) is 18.2. The molecule has 0 bridgehead atoms. The van der Waals surface area contributed by atoms with E-state index < -0.39 is 0 Å². The van der Waals surface area contributed by atoms with E-state index in [-0.39, 0.29) is 6.10 Å². The number of carbonyl (C=O) groups is 1. The first-order valence-corrected chi connectivity index (χ1v) is 9.94. The van der Waals surface area contributed by atoms with Crippen molar-refractivity contribution in [2.24, 2.45) is 5.92 Å². The van der Waals surface area contributed by atoms with E-state index in [0.29, 0.717) is 56.1 Å². The van der Waals surface area contributed by atoms with E-state index in [2.05, 4.69) is 10.1 Å². The van der Waals surface area contributed by atoms with Crippen LogP contribution >= 0.6 is 0 Å². The van der Waals surface area contributed by atoms with Crippen molar-refractivity contribution in [2.45, 2.75) is 70.5 Å². The van der Waals surface area contributed by atoms with Gasteiger partial charge in [-0.25, -0.2) is 0 Å². The predicted octanol–water partition coefficient (Wildman–Crippen LogP) is 2.74. The Balaban J connectivity index is 1.41. The summed E-state index contributed by atoms with van der Waals surface area (Å²) in [5.74, 6) is 2.01. The summed E-state index contributed by atoms with van der Waals surface area (Å²) in [6, 6.07) is 0. The van der Waals surface area contributed by atoms with E-state index in [1.54, 1.807) is 7.11 Å². The fraction of sp³-hybridized carbons (Fsp3) is 0.842. The van der Waals surface area contributed by atoms with Crippen LogP contribution < -0.4 is 0 Å². The predicted molar refractivity (Wildman–Crippen MR) is 95.5 cm³/mol. The van der Waals surface area contributed by atoms with E-state index in [9.17, 15) is 4.79 Å². The second-order valence-electron chi connectivity index (χ2n) is 7.47. The van der Waals surface area contributed by atoms with Gasteiger partial charge in [-0.3, -0.25) is 4.79 Å². The first kappa shape index (κ1) is 19.3. The molecule has 26 heavy (non-hydrogen) atoms. The molecule has 0 radical (unpaired) electrons. The molecule has 0 aromatic carbocycles. The number of rotatable bonds is 8. The molecule has 1 aromatic heterocycles. The van der Waals surface area contributed by atoms with Crippen LogP contribution in [-0.4, -0.2) is 53.9 Å². The third-order valence-electron chi connectivity index (χ3n) is 5.40. The molecule has 1 aliphatic carbocycles. The number of hydrogen-bond donors (Lipinski definition) is 0. The molecule has 2 aliphatic rings. The van der Waals surface area contributed by atoms with Crippen molar-refractivity contribution < 1.29 is 18.8 Å². The smallest absolute Gasteiger partial charge is 0.229 e. The molecule has 2 heterocycles. The lowest BCUT2D eigenvalue weighted by atomic mass is 9.86. The van der Waals surface area contributed by atoms with Crippen molar-refractivity contribution in [2.75, 3.05) is 26.8 Å². The molecule has 0 N–H and O–H groups in total. The highest BCUT2D eigenvalue weighted by atomic mass is 16.5. The van der Waals surface area contributed by atoms with Gasteiger partial charge in [-0.15, -0.1) is 0 Å². The van der Waals surface area contributed by atoms with Crippen LogP contribution in [0.2, 0.25) is 0 Å². The van der Waals surface area contributed by atoms with Crippen molar-refractivity contribution >= 4 is 5.91 Å². The highest BCUT2D eigenvalue weighted by Crippen LogP contribution is 2.27. The van der Waals surface area contributed by atoms with Crippen LogP contribution in [0.4, 0.5) is 0 Å². The number of aromatic nitrogens is 2. The minimum absolute atomic E-state index is 0.0555. The van der Waals surface area contributed by atoms with Gasteiger partial charge in [0.2, 0.25) is 11.8 Å². The topological polar surface area (TPSA) is 77.7 Å². The van der Waals surface area contributed by atoms with Crippen molar-refractivity contribution in [1.82, 2.24) is 15.0 Å². The number of nitrogens with zero attached hydrogens (tertiary/aromatic N) is 3. The number of methoxy groups -OCH3 is 1. The summed E-state index contributed by atoms with van der Waals surface area (Å²) in [4.78, 5) is 18.9. The van der Waals surface area contributed by atoms with Gasteiger partial charge in [-0.2, -0.15) is 4.98 Å². The number of carbonyl (C=O) groups excluding carboxylic acids is 1. The normalized spacial score (nSPS) is 21.9. The third-order valence-corrected chi connectivity index (χ3v) is 5.40. The Morgan fingerprint density at radius 2 is 2.08 bits per heavy atom. The molecule has 1 saturated heterocycles. The Hall–Kier alpha value is -1.47. The van der Waals surface area contributed by atoms with Crippen molar-refractivity contribution in [3.63, 3.8) is 0 Å². The van der Waals surface area contributed by atoms with Gasteiger partial charge >= 0.3 is 0 Å². The number of likely N-dealkylation sites (tertiary alicyclic amines) is 1. The number of hydrogen-bond acceptors (Lipinski definition) is 6. The highest BCUT2D eigenvalue weighted by molar-refractivity contribution is 5.76. The Morgan fingerprint density at radius 3 is 2.88 bits per heavy atom. The average molecular weight is 365 g/mol. The molecular formula is C19H31N3O4. The summed E-state index contributed by atoms with van der Waals surface area (Å²) in [7, 11) is 1.64. The Labute approximate surface area is 155 Å². The summed E-state index contributed by atoms with van der Waals surface area (Å²) >= 11 is 0. The third kappa shape index (κ3) is 5.77. The standard InChI is InChI=1S/C19H31N3O4/c1-24-11-9-18-20-17(21-26-18)14-25-16-8-5-10-22(13-16)19(23)12-15-6-3-2-4-7-15/h15-16H,2-14H2,1H3. The molecule has 1 saturated carbocycles. The molecule has 2 fully saturated rings. The fourth-order valence-electron chi connectivity index (χ4n) is 3.90. The van der Waals surface area contributed by atoms with E-state index in [4.69, 9.17) is 14.0 Å². The van der Waals surface area contributed by atoms with Crippen LogP contribution in [0.5, 0.6) is 0 Å². The molecule has 1 aromatic rings. The van der Waals surface area contributed by atoms with Gasteiger partial charge in [0.25, 0.3) is 0 Å². The summed E-state index contributed by atoms with van der Waals surface area (Å²) in [5.41, 5.74) is 0. The van der Waals surface area contributed by atoms with Crippen LogP contribution in [0.1, 0.15) is 63.1 Å². The monoisotopic (exact) mass is 365 g/mol. The minimum atomic E-state index is 0.0555. The molecule has 1 amide bonds. The Bertz CT molecular complexity index is 557. The van der Waals surface area contributed by atoms with Gasteiger partial charge in [0.1, 0.15) is 6.61 Å². The molecule has 7 nitrogen and oxygen atoms in total. The van der Waals surface area contributed by atoms with Gasteiger partial charge in [0.15, 0.2) is 5.82 Å². The zero-order valence-corrected chi connectivity index (χ0v) is 15.8. The summed E-state index contributed by atoms with van der Waals surface area (Å²) in [6.45, 7) is 2.42. The first-order chi connectivity index (χ1) is 12.7. The maximum absolute atomic E-state index is 12.6. The molecule has 3 rings (SSSR count). The second kappa shape index (κ2) is 10.0. The average Bonchev–Trinajstić information content (AvgIpc) is 3.13. The molecule has 7 heteroatoms. The first-order valence-electron chi connectivity index (χ1n) is 9.94. The summed E-state index contributed by atoms with van der Waals surface area (Å²) in [5, 5.41) is 3.94. The SMILES string of the molecule is COCCc1nc(COC2CCCN(C(=O)CC3CCCCC3)C2)no1. The Kier molecular flexibility index (Phi) is 7.43. The minimum Gasteiger partial charge on any atom is -0.384 e. The zero-order valence-electron chi connectivity index (χ0n) is 15.8. The maximum Gasteiger partial charge on any atom is 0.229 e. The quantitative estimate of drug-likeness (QED) is 0.705. The van der Waals surface area contributed by atoms with Crippen LogP contribution in [0.3, 0.4) is 0 Å². The number of piperidine rings is 1. The largest absolute Gasteiger partial charge is 0.384 e. The molecule has 1 atom stereocenters. The summed E-state index contributed by atoms with van der Waals surface area (Å²) in [6.07, 6.45) is 9.64. The van der Waals surface area contributed by atoms with Crippen LogP contribution in [0.15, 0.2) is 4.52 Å². The summed E-state index contributed by atoms with van der Waals surface area (Å²) < 4.78 is 16.1. The van der Waals surface area contributed by atoms with Crippen molar-refractivity contribution in [1.29, 1.82) is 0 Å². The lowest BCUT2D eigenvalue weighted by Gasteiger charge is -2.34. The van der Waals surface area contributed by atoms with Crippen molar-refractivity contribution in [3.8, 4) is 0 Å². The second-order valence-corrected chi connectivity index (χ2v) is 7.47. The van der Waals surface area contributed by atoms with Crippen LogP contribution in [-0.2, 0) is 27.3 Å². The van der Waals surface area contributed by atoms with Crippen LogP contribution in [0, 0.1) is 5.92 Å². The molecule has 1 aliphatic heterocycles. The number of amides is 1. The van der Waals surface area contributed by atoms with E-state index in [1.807, 2.05) is 4.90 Å². The number of ether oxygens (including phenoxy) is 2. The fourth-order valence-corrected chi connectivity index (χ4v) is 3.90. The molecule has 146 valence electrons. The molecule has 0 spiro atoms. The Morgan fingerprint density at radius 1 is 1.23 bits per heavy atom. The van der Waals surface area contributed by atoms with Gasteiger partial charge in [-0.05, 0) is 31.6 Å². The molecular weight excluding hydrogens is 334 g/mol. The van der Waals surface area contributed by atoms with Gasteiger partial charge < -0.3 is 18.9 Å². The van der Waals surface area contributed by atoms with E-state index >= 15 is 0 Å². The van der Waals surface area contributed by atoms with Gasteiger partial charge in [0.05, 0.1) is 19.1 Å². The van der Waals surface area contributed by atoms with Crippen LogP contribution in [0.25, 0.3) is 0 Å². The van der Waals surface area contributed by atoms with Gasteiger partial charge in [0, 0.05) is 26.6 Å². The lowest BCUT2D eigenvalue weighted by molar-refractivity contribution is -0.137. The van der Waals surface area contributed by atoms with E-state index in [0.717, 1.165) is 19.4 Å². The van der Waals surface area contributed by atoms with Crippen molar-refractivity contribution in [3.05, 3.63) is 11.7 Å². The van der Waals surface area contributed by atoms with Gasteiger partial charge in [-0.1, -0.05) is 24.4 Å². The lowest BCUT2D eigenvalue weighted by Crippen LogP contribution is -2.43.